The minimum atomic E-state index is -0.351. The summed E-state index contributed by atoms with van der Waals surface area (Å²) in [6.07, 6.45) is 2.85. The van der Waals surface area contributed by atoms with Crippen molar-refractivity contribution in [2.24, 2.45) is 0 Å². The number of thioether (sulfide) groups is 1. The van der Waals surface area contributed by atoms with Crippen molar-refractivity contribution >= 4 is 40.0 Å². The van der Waals surface area contributed by atoms with Gasteiger partial charge in [0.15, 0.2) is 5.16 Å². The Labute approximate surface area is 179 Å². The molecule has 1 aliphatic rings. The molecule has 2 heterocycles. The zero-order valence-corrected chi connectivity index (χ0v) is 19.2. The van der Waals surface area contributed by atoms with Crippen molar-refractivity contribution in [1.82, 2.24) is 14.8 Å². The van der Waals surface area contributed by atoms with Gasteiger partial charge in [-0.3, -0.25) is 4.79 Å². The number of hydrogen-bond acceptors (Lipinski definition) is 7. The second kappa shape index (κ2) is 9.30. The number of fused-ring (bicyclic) bond motifs is 1. The van der Waals surface area contributed by atoms with E-state index < -0.39 is 0 Å². The molecule has 2 aromatic rings. The van der Waals surface area contributed by atoms with E-state index in [-0.39, 0.29) is 29.6 Å². The highest BCUT2D eigenvalue weighted by Crippen LogP contribution is 2.39. The highest BCUT2D eigenvalue weighted by atomic mass is 32.2. The molecule has 1 aliphatic carbocycles. The average molecular weight is 437 g/mol. The van der Waals surface area contributed by atoms with Crippen LogP contribution >= 0.6 is 23.1 Å². The number of nitrogens with zero attached hydrogens (tertiary/aromatic N) is 3. The Morgan fingerprint density at radius 2 is 2.00 bits per heavy atom. The predicted molar refractivity (Wildman–Crippen MR) is 116 cm³/mol. The molecule has 0 atom stereocenters. The molecule has 0 saturated carbocycles. The average Bonchev–Trinajstić information content (AvgIpc) is 3.33. The number of carbonyl (C=O) groups excluding carboxylic acids is 2. The summed E-state index contributed by atoms with van der Waals surface area (Å²) in [7, 11) is 0. The van der Waals surface area contributed by atoms with E-state index in [2.05, 4.69) is 47.8 Å². The number of ether oxygens (including phenoxy) is 1. The van der Waals surface area contributed by atoms with Gasteiger partial charge in [0.05, 0.1) is 17.9 Å². The summed E-state index contributed by atoms with van der Waals surface area (Å²) in [6, 6.07) is 0.212. The summed E-state index contributed by atoms with van der Waals surface area (Å²) in [5.41, 5.74) is 1.58. The van der Waals surface area contributed by atoms with Crippen molar-refractivity contribution in [3.05, 3.63) is 21.8 Å². The van der Waals surface area contributed by atoms with Gasteiger partial charge in [0.2, 0.25) is 5.91 Å². The summed E-state index contributed by atoms with van der Waals surface area (Å²) >= 11 is 2.86. The molecule has 0 spiro atoms. The number of rotatable bonds is 8. The molecule has 7 nitrogen and oxygen atoms in total. The van der Waals surface area contributed by atoms with Gasteiger partial charge in [0.1, 0.15) is 10.8 Å². The van der Waals surface area contributed by atoms with Crippen molar-refractivity contribution in [2.75, 3.05) is 17.7 Å². The van der Waals surface area contributed by atoms with Gasteiger partial charge in [-0.15, -0.1) is 21.5 Å². The van der Waals surface area contributed by atoms with Crippen LogP contribution in [0.25, 0.3) is 0 Å². The summed E-state index contributed by atoms with van der Waals surface area (Å²) < 4.78 is 7.30. The summed E-state index contributed by atoms with van der Waals surface area (Å²) in [4.78, 5) is 26.2. The molecule has 3 rings (SSSR count). The van der Waals surface area contributed by atoms with Crippen molar-refractivity contribution in [3.63, 3.8) is 0 Å². The summed E-state index contributed by atoms with van der Waals surface area (Å²) in [5, 5.41) is 12.8. The van der Waals surface area contributed by atoms with Crippen LogP contribution in [-0.4, -0.2) is 39.0 Å². The standard InChI is InChI=1S/C20H28N4O3S2/c1-6-27-19(26)16-13-8-7-9-14(13)29-18(16)21-15(25)10-28-20-23-22-17(11(2)3)24(20)12(4)5/h11-12H,6-10H2,1-5H3,(H,21,25). The highest BCUT2D eigenvalue weighted by molar-refractivity contribution is 7.99. The molecular formula is C20H28N4O3S2. The molecule has 0 saturated heterocycles. The largest absolute Gasteiger partial charge is 0.462 e. The van der Waals surface area contributed by atoms with E-state index in [1.807, 2.05) is 0 Å². The Kier molecular flexibility index (Phi) is 7.00. The van der Waals surface area contributed by atoms with Gasteiger partial charge in [-0.05, 0) is 45.6 Å². The molecule has 2 aromatic heterocycles. The van der Waals surface area contributed by atoms with Crippen LogP contribution in [0.15, 0.2) is 5.16 Å². The molecule has 29 heavy (non-hydrogen) atoms. The Balaban J connectivity index is 1.72. The number of thiophene rings is 1. The van der Waals surface area contributed by atoms with Crippen LogP contribution in [0.2, 0.25) is 0 Å². The number of carbonyl (C=O) groups is 2. The second-order valence-corrected chi connectivity index (χ2v) is 9.63. The molecule has 0 bridgehead atoms. The number of amides is 1. The SMILES string of the molecule is CCOC(=O)c1c(NC(=O)CSc2nnc(C(C)C)n2C(C)C)sc2c1CCC2. The van der Waals surface area contributed by atoms with Crippen LogP contribution in [0.5, 0.6) is 0 Å². The third-order valence-electron chi connectivity index (χ3n) is 4.71. The second-order valence-electron chi connectivity index (χ2n) is 7.58. The van der Waals surface area contributed by atoms with E-state index in [1.165, 1.54) is 28.0 Å². The number of hydrogen-bond donors (Lipinski definition) is 1. The maximum Gasteiger partial charge on any atom is 0.341 e. The maximum absolute atomic E-state index is 12.6. The van der Waals surface area contributed by atoms with Gasteiger partial charge >= 0.3 is 5.97 Å². The van der Waals surface area contributed by atoms with Gasteiger partial charge in [-0.1, -0.05) is 25.6 Å². The minimum absolute atomic E-state index is 0.162. The van der Waals surface area contributed by atoms with Crippen molar-refractivity contribution in [2.45, 2.75) is 71.0 Å². The van der Waals surface area contributed by atoms with Gasteiger partial charge in [0.25, 0.3) is 0 Å². The molecule has 0 unspecified atom stereocenters. The highest BCUT2D eigenvalue weighted by Gasteiger charge is 2.28. The molecule has 0 fully saturated rings. The first kappa shape index (κ1) is 21.8. The fourth-order valence-corrected chi connectivity index (χ4v) is 5.64. The number of aromatic nitrogens is 3. The topological polar surface area (TPSA) is 86.1 Å². The van der Waals surface area contributed by atoms with Crippen LogP contribution in [0.4, 0.5) is 5.00 Å². The normalized spacial score (nSPS) is 13.2. The number of aryl methyl sites for hydroxylation is 1. The third kappa shape index (κ3) is 4.66. The maximum atomic E-state index is 12.6. The zero-order chi connectivity index (χ0) is 21.1. The molecule has 0 aromatic carbocycles. The van der Waals surface area contributed by atoms with Gasteiger partial charge in [-0.25, -0.2) is 4.79 Å². The Bertz CT molecular complexity index is 902. The van der Waals surface area contributed by atoms with Crippen LogP contribution < -0.4 is 5.32 Å². The first-order valence-corrected chi connectivity index (χ1v) is 11.8. The first-order chi connectivity index (χ1) is 13.8. The number of nitrogens with one attached hydrogen (secondary N) is 1. The lowest BCUT2D eigenvalue weighted by Crippen LogP contribution is -2.17. The van der Waals surface area contributed by atoms with Crippen molar-refractivity contribution in [1.29, 1.82) is 0 Å². The number of esters is 1. The fraction of sp³-hybridized carbons (Fsp3) is 0.600. The molecule has 0 radical (unpaired) electrons. The Hall–Kier alpha value is -1.87. The van der Waals surface area contributed by atoms with Crippen molar-refractivity contribution in [3.8, 4) is 0 Å². The lowest BCUT2D eigenvalue weighted by atomic mass is 10.1. The zero-order valence-electron chi connectivity index (χ0n) is 17.6. The lowest BCUT2D eigenvalue weighted by Gasteiger charge is -2.15. The number of anilines is 1. The molecule has 158 valence electrons. The smallest absolute Gasteiger partial charge is 0.341 e. The molecule has 9 heteroatoms. The van der Waals surface area contributed by atoms with Crippen LogP contribution in [0, 0.1) is 0 Å². The fourth-order valence-electron chi connectivity index (χ4n) is 3.47. The van der Waals surface area contributed by atoms with E-state index in [1.54, 1.807) is 6.92 Å². The van der Waals surface area contributed by atoms with E-state index in [4.69, 9.17) is 4.74 Å². The first-order valence-electron chi connectivity index (χ1n) is 10.0. The summed E-state index contributed by atoms with van der Waals surface area (Å²) in [6.45, 7) is 10.4. The van der Waals surface area contributed by atoms with Crippen LogP contribution in [-0.2, 0) is 22.4 Å². The lowest BCUT2D eigenvalue weighted by molar-refractivity contribution is -0.113. The van der Waals surface area contributed by atoms with Gasteiger partial charge in [-0.2, -0.15) is 0 Å². The monoisotopic (exact) mass is 436 g/mol. The Morgan fingerprint density at radius 1 is 1.24 bits per heavy atom. The van der Waals surface area contributed by atoms with E-state index >= 15 is 0 Å². The minimum Gasteiger partial charge on any atom is -0.462 e. The molecule has 0 aliphatic heterocycles. The van der Waals surface area contributed by atoms with Crippen molar-refractivity contribution < 1.29 is 14.3 Å². The van der Waals surface area contributed by atoms with E-state index in [9.17, 15) is 9.59 Å². The van der Waals surface area contributed by atoms with Gasteiger partial charge in [0, 0.05) is 16.8 Å². The third-order valence-corrected chi connectivity index (χ3v) is 6.86. The molecular weight excluding hydrogens is 408 g/mol. The van der Waals surface area contributed by atoms with E-state index in [0.717, 1.165) is 35.8 Å². The quantitative estimate of drug-likeness (QED) is 0.486. The molecule has 1 amide bonds. The van der Waals surface area contributed by atoms with Crippen LogP contribution in [0.3, 0.4) is 0 Å². The van der Waals surface area contributed by atoms with Crippen LogP contribution in [0.1, 0.15) is 79.6 Å². The van der Waals surface area contributed by atoms with Gasteiger partial charge < -0.3 is 14.6 Å². The summed E-state index contributed by atoms with van der Waals surface area (Å²) in [5.74, 6) is 0.866. The predicted octanol–water partition coefficient (Wildman–Crippen LogP) is 4.44. The Morgan fingerprint density at radius 3 is 2.66 bits per heavy atom. The van der Waals surface area contributed by atoms with E-state index in [0.29, 0.717) is 17.2 Å². The molecule has 1 N–H and O–H groups in total.